The Morgan fingerprint density at radius 3 is 2.60 bits per heavy atom. The van der Waals surface area contributed by atoms with E-state index in [2.05, 4.69) is 13.3 Å². The standard InChI is InChI=1S/C2H6B2S/c1-3-5-4-2/h4H,1H2,2H3. The molecule has 0 rings (SSSR count). The topological polar surface area (TPSA) is 0 Å². The maximum absolute atomic E-state index is 3.51. The molecule has 0 fully saturated rings. The second kappa shape index (κ2) is 4.35. The van der Waals surface area contributed by atoms with Crippen LogP contribution in [0.1, 0.15) is 0 Å². The molecule has 0 aliphatic rings. The van der Waals surface area contributed by atoms with Crippen molar-refractivity contribution in [1.29, 1.82) is 0 Å². The van der Waals surface area contributed by atoms with Crippen LogP contribution in [-0.2, 0) is 0 Å². The van der Waals surface area contributed by atoms with Crippen LogP contribution in [-0.4, -0.2) is 19.2 Å². The van der Waals surface area contributed by atoms with Crippen LogP contribution in [0.15, 0.2) is 0 Å². The molecule has 0 aliphatic heterocycles. The zero-order valence-corrected chi connectivity index (χ0v) is 4.22. The van der Waals surface area contributed by atoms with Gasteiger partial charge < -0.3 is 0 Å². The van der Waals surface area contributed by atoms with E-state index in [1.54, 1.807) is 11.5 Å². The van der Waals surface area contributed by atoms with Crippen molar-refractivity contribution in [2.45, 2.75) is 6.82 Å². The van der Waals surface area contributed by atoms with Crippen molar-refractivity contribution in [3.05, 3.63) is 0 Å². The van der Waals surface area contributed by atoms with Gasteiger partial charge in [-0.1, -0.05) is 0 Å². The first-order valence-electron chi connectivity index (χ1n) is 1.64. The summed E-state index contributed by atoms with van der Waals surface area (Å²) in [6.45, 7) is 6.76. The van der Waals surface area contributed by atoms with Crippen molar-refractivity contribution in [3.63, 3.8) is 0 Å². The molecule has 0 N–H and O–H groups in total. The fraction of sp³-hybridized carbons (Fsp3) is 0.500. The summed E-state index contributed by atoms with van der Waals surface area (Å²) in [6, 6.07) is 0. The van der Waals surface area contributed by atoms with Gasteiger partial charge in [0.2, 0.25) is 0 Å². The molecule has 0 aromatic carbocycles. The van der Waals surface area contributed by atoms with Crippen molar-refractivity contribution in [3.8, 4) is 0 Å². The number of hydrogen-bond acceptors (Lipinski definition) is 1. The molecule has 0 amide bonds. The van der Waals surface area contributed by atoms with E-state index < -0.39 is 0 Å². The van der Waals surface area contributed by atoms with Crippen molar-refractivity contribution in [1.82, 2.24) is 0 Å². The Morgan fingerprint density at radius 1 is 2.00 bits per heavy atom. The van der Waals surface area contributed by atoms with Crippen LogP contribution in [0.5, 0.6) is 0 Å². The summed E-state index contributed by atoms with van der Waals surface area (Å²) in [5.41, 5.74) is 0. The van der Waals surface area contributed by atoms with Crippen LogP contribution in [0, 0.1) is 0 Å². The fourth-order valence-corrected chi connectivity index (χ4v) is 0.354. The minimum atomic E-state index is 1.14. The van der Waals surface area contributed by atoms with Gasteiger partial charge in [0.15, 0.2) is 0 Å². The summed E-state index contributed by atoms with van der Waals surface area (Å²) in [6.07, 6.45) is 1.85. The van der Waals surface area contributed by atoms with Crippen molar-refractivity contribution < 1.29 is 0 Å². The molecule has 0 bridgehead atoms. The van der Waals surface area contributed by atoms with Gasteiger partial charge in [-0.05, 0) is 0 Å². The van der Waals surface area contributed by atoms with Crippen LogP contribution >= 0.6 is 11.5 Å². The van der Waals surface area contributed by atoms with Crippen LogP contribution in [0.4, 0.5) is 0 Å². The maximum atomic E-state index is 3.51. The monoisotopic (exact) mass is 84.0 g/mol. The van der Waals surface area contributed by atoms with E-state index in [1.165, 1.54) is 0 Å². The Balaban J connectivity index is 2.40. The Bertz CT molecular complexity index is 28.8. The molecule has 0 nitrogen and oxygen atoms in total. The number of rotatable bonds is 2. The zero-order valence-electron chi connectivity index (χ0n) is 3.40. The molecule has 0 heterocycles. The summed E-state index contributed by atoms with van der Waals surface area (Å²) < 4.78 is 0. The summed E-state index contributed by atoms with van der Waals surface area (Å²) in [4.78, 5) is 0. The Labute approximate surface area is 38.3 Å². The number of hydrogen-bond donors (Lipinski definition) is 0. The van der Waals surface area contributed by atoms with Gasteiger partial charge in [-0.15, -0.1) is 0 Å². The zero-order chi connectivity index (χ0) is 4.12. The molecule has 26 valence electrons. The van der Waals surface area contributed by atoms with Gasteiger partial charge in [0.25, 0.3) is 0 Å². The Hall–Kier alpha value is 0.350. The third-order valence-corrected chi connectivity index (χ3v) is 0.854. The van der Waals surface area contributed by atoms with E-state index in [0.717, 1.165) is 6.56 Å². The van der Waals surface area contributed by atoms with E-state index in [1.807, 2.05) is 6.20 Å². The first-order valence-corrected chi connectivity index (χ1v) is 2.69. The normalized spacial score (nSPS) is 5.80. The van der Waals surface area contributed by atoms with Gasteiger partial charge in [0.05, 0.1) is 0 Å². The average molecular weight is 83.8 g/mol. The predicted octanol–water partition coefficient (Wildman–Crippen LogP) is 0.170. The summed E-state index contributed by atoms with van der Waals surface area (Å²) in [5, 5.41) is 0. The van der Waals surface area contributed by atoms with Crippen LogP contribution < -0.4 is 0 Å². The molecule has 0 saturated carbocycles. The summed E-state index contributed by atoms with van der Waals surface area (Å²) >= 11 is 1.73. The van der Waals surface area contributed by atoms with Gasteiger partial charge in [-0.25, -0.2) is 0 Å². The van der Waals surface area contributed by atoms with Crippen LogP contribution in [0.25, 0.3) is 0 Å². The molecule has 0 unspecified atom stereocenters. The molecule has 0 radical (unpaired) electrons. The fourth-order valence-electron chi connectivity index (χ4n) is 0.118. The van der Waals surface area contributed by atoms with E-state index in [9.17, 15) is 0 Å². The Kier molecular flexibility index (Phi) is 4.65. The molecule has 0 spiro atoms. The first kappa shape index (κ1) is 5.35. The van der Waals surface area contributed by atoms with Crippen molar-refractivity contribution in [2.24, 2.45) is 0 Å². The summed E-state index contributed by atoms with van der Waals surface area (Å²) in [5.74, 6) is 0. The predicted molar refractivity (Wildman–Crippen MR) is 33.5 cm³/mol. The van der Waals surface area contributed by atoms with Gasteiger partial charge >= 0.3 is 37.5 Å². The van der Waals surface area contributed by atoms with Gasteiger partial charge in [-0.2, -0.15) is 0 Å². The third kappa shape index (κ3) is 4.35. The third-order valence-electron chi connectivity index (χ3n) is 0.285. The second-order valence-electron chi connectivity index (χ2n) is 0.622. The van der Waals surface area contributed by atoms with Crippen molar-refractivity contribution >= 4 is 30.7 Å². The van der Waals surface area contributed by atoms with E-state index in [-0.39, 0.29) is 0 Å². The molecule has 3 heteroatoms. The van der Waals surface area contributed by atoms with E-state index in [0.29, 0.717) is 0 Å². The average Bonchev–Trinajstić information content (AvgIpc) is 1.41. The van der Waals surface area contributed by atoms with Gasteiger partial charge in [-0.3, -0.25) is 0 Å². The van der Waals surface area contributed by atoms with E-state index in [4.69, 9.17) is 0 Å². The summed E-state index contributed by atoms with van der Waals surface area (Å²) in [7, 11) is 0. The van der Waals surface area contributed by atoms with Crippen LogP contribution in [0.2, 0.25) is 6.82 Å². The van der Waals surface area contributed by atoms with Gasteiger partial charge in [0.1, 0.15) is 0 Å². The Morgan fingerprint density at radius 2 is 2.60 bits per heavy atom. The molecule has 0 atom stereocenters. The van der Waals surface area contributed by atoms with E-state index >= 15 is 0 Å². The van der Waals surface area contributed by atoms with Gasteiger partial charge in [0, 0.05) is 0 Å². The van der Waals surface area contributed by atoms with Crippen LogP contribution in [0.3, 0.4) is 0 Å². The quantitative estimate of drug-likeness (QED) is 0.429. The molecule has 0 saturated heterocycles. The SMILES string of the molecule is C=BSBC. The molecule has 0 aromatic heterocycles. The molecule has 0 aromatic rings. The second-order valence-corrected chi connectivity index (χ2v) is 1.87. The molecule has 5 heavy (non-hydrogen) atoms. The minimum absolute atomic E-state index is 1.14. The van der Waals surface area contributed by atoms with Crippen molar-refractivity contribution in [2.75, 3.05) is 0 Å². The first-order chi connectivity index (χ1) is 2.41. The molecule has 0 aliphatic carbocycles. The molecular weight excluding hydrogens is 77.7 g/mol. The molecular formula is C2H6B2S.